The smallest absolute Gasteiger partial charge is 0.255 e. The lowest BCUT2D eigenvalue weighted by Crippen LogP contribution is -2.42. The molecule has 0 heterocycles. The van der Waals surface area contributed by atoms with E-state index in [1.54, 1.807) is 54.6 Å². The fourth-order valence-electron chi connectivity index (χ4n) is 9.29. The lowest BCUT2D eigenvalue weighted by Gasteiger charge is -2.21. The lowest BCUT2D eigenvalue weighted by molar-refractivity contribution is -0.121. The number of ketones is 4. The summed E-state index contributed by atoms with van der Waals surface area (Å²) in [6.07, 6.45) is 7.54. The van der Waals surface area contributed by atoms with Crippen LogP contribution in [0.1, 0.15) is 141 Å². The molecule has 0 aliphatic carbocycles. The second-order valence-corrected chi connectivity index (χ2v) is 20.7. The quantitative estimate of drug-likeness (QED) is 0.0223. The van der Waals surface area contributed by atoms with Gasteiger partial charge in [-0.3, -0.25) is 38.4 Å². The first-order chi connectivity index (χ1) is 38.9. The van der Waals surface area contributed by atoms with Gasteiger partial charge in [-0.2, -0.15) is 0 Å². The average Bonchev–Trinajstić information content (AvgIpc) is 3.48. The minimum absolute atomic E-state index is 0.0402. The van der Waals surface area contributed by atoms with Crippen LogP contribution >= 0.6 is 11.8 Å². The van der Waals surface area contributed by atoms with Gasteiger partial charge < -0.3 is 64.6 Å². The highest BCUT2D eigenvalue weighted by molar-refractivity contribution is 7.98. The Kier molecular flexibility index (Phi) is 28.7. The van der Waals surface area contributed by atoms with E-state index in [0.29, 0.717) is 110 Å². The molecule has 0 aliphatic heterocycles. The zero-order valence-corrected chi connectivity index (χ0v) is 48.1. The van der Waals surface area contributed by atoms with Gasteiger partial charge in [-0.25, -0.2) is 0 Å². The van der Waals surface area contributed by atoms with Crippen molar-refractivity contribution >= 4 is 58.5 Å². The van der Waals surface area contributed by atoms with Gasteiger partial charge in [0.05, 0.1) is 67.8 Å². The number of hydrogen-bond donors (Lipinski definition) is 9. The molecule has 0 aliphatic rings. The summed E-state index contributed by atoms with van der Waals surface area (Å²) in [4.78, 5) is 111. The molecule has 0 bridgehead atoms. The van der Waals surface area contributed by atoms with Crippen molar-refractivity contribution in [2.45, 2.75) is 132 Å². The minimum Gasteiger partial charge on any atom is -0.496 e. The van der Waals surface area contributed by atoms with E-state index in [1.807, 2.05) is 6.26 Å². The van der Waals surface area contributed by atoms with Crippen LogP contribution in [0.15, 0.2) is 77.7 Å². The monoisotopic (exact) mass is 1140 g/mol. The molecule has 20 nitrogen and oxygen atoms in total. The fourth-order valence-corrected chi connectivity index (χ4v) is 9.86. The van der Waals surface area contributed by atoms with Crippen LogP contribution in [0.3, 0.4) is 0 Å². The second kappa shape index (κ2) is 35.0. The summed E-state index contributed by atoms with van der Waals surface area (Å²) < 4.78 is 16.4. The molecule has 0 fully saturated rings. The molecule has 0 spiro atoms. The van der Waals surface area contributed by atoms with E-state index in [0.717, 1.165) is 12.8 Å². The van der Waals surface area contributed by atoms with E-state index < -0.39 is 47.8 Å². The Balaban J connectivity index is 1.55. The van der Waals surface area contributed by atoms with Crippen LogP contribution in [0.2, 0.25) is 0 Å². The number of benzene rings is 4. The van der Waals surface area contributed by atoms with Crippen LogP contribution in [-0.4, -0.2) is 125 Å². The van der Waals surface area contributed by atoms with Gasteiger partial charge in [0.1, 0.15) is 17.2 Å². The first kappa shape index (κ1) is 66.5. The van der Waals surface area contributed by atoms with Gasteiger partial charge in [-0.15, -0.1) is 11.8 Å². The Morgan fingerprint density at radius 3 is 1.09 bits per heavy atom. The van der Waals surface area contributed by atoms with Crippen molar-refractivity contribution in [2.24, 2.45) is 34.4 Å². The largest absolute Gasteiger partial charge is 0.496 e. The number of unbranched alkanes of at least 4 members (excludes halogenated alkanes) is 4. The summed E-state index contributed by atoms with van der Waals surface area (Å²) in [7, 11) is 4.19. The summed E-state index contributed by atoms with van der Waals surface area (Å²) in [5, 5.41) is 8.69. The molecule has 0 aromatic heterocycles. The van der Waals surface area contributed by atoms with Gasteiger partial charge in [0, 0.05) is 30.6 Å². The molecule has 15 N–H and O–H groups in total. The summed E-state index contributed by atoms with van der Waals surface area (Å²) in [5.41, 5.74) is 37.3. The molecule has 440 valence electrons. The van der Waals surface area contributed by atoms with Crippen LogP contribution in [-0.2, 0) is 44.9 Å². The molecule has 0 saturated carbocycles. The van der Waals surface area contributed by atoms with Gasteiger partial charge in [0.25, 0.3) is 23.6 Å². The first-order valence-corrected chi connectivity index (χ1v) is 28.7. The van der Waals surface area contributed by atoms with Crippen LogP contribution < -0.4 is 64.6 Å². The number of methoxy groups -OCH3 is 3. The van der Waals surface area contributed by atoms with Crippen molar-refractivity contribution in [3.63, 3.8) is 0 Å². The Morgan fingerprint density at radius 1 is 0.432 bits per heavy atom. The normalized spacial score (nSPS) is 12.6. The standard InChI is InChI=1S/C60H83N9O11S/c1-78-53-21-17-37(29-41(53)57(66)74)34-50(71)46(14-6-10-26-62)67-58(75)42-30-38(18-22-54(42)79-2)35-51(72)47(15-7-11-27-63)68-59(76)43-31-39(19-23-55(43)80-3)36-52(73)48(16-8-12-28-64)69-60(77)44-32-40(20-24-56(44)81-4)33-49(70)45(65)13-5-9-25-61/h17-24,29-32,45-48H,5-16,25-28,33-36,61-65H2,1-4H3,(H2,66,74)(H,67,75)(H,68,76)(H,69,77)/t45-,46-,47-,48-/m0/s1. The SMILES string of the molecule is COc1ccc(CC(=O)[C@H](CCCCN)NC(=O)c2cc(CC(=O)[C@H](CCCCN)NC(=O)c3cc(CC(=O)[C@H](CCCCN)NC(=O)c4cc(CC(=O)[C@@H](N)CCCCN)ccc4SC)ccc3OC)ccc2OC)cc1C(N)=O. The number of rotatable bonds is 39. The summed E-state index contributed by atoms with van der Waals surface area (Å²) >= 11 is 1.36. The number of carbonyl (C=O) groups is 8. The highest BCUT2D eigenvalue weighted by Gasteiger charge is 2.29. The molecule has 4 atom stereocenters. The molecule has 81 heavy (non-hydrogen) atoms. The molecule has 0 saturated heterocycles. The first-order valence-electron chi connectivity index (χ1n) is 27.5. The molecule has 4 rings (SSSR count). The zero-order chi connectivity index (χ0) is 59.4. The minimum atomic E-state index is -1.01. The van der Waals surface area contributed by atoms with E-state index in [2.05, 4.69) is 16.0 Å². The lowest BCUT2D eigenvalue weighted by atomic mass is 9.95. The predicted molar refractivity (Wildman–Crippen MR) is 314 cm³/mol. The van der Waals surface area contributed by atoms with Gasteiger partial charge in [0.15, 0.2) is 23.1 Å². The third-order valence-corrected chi connectivity index (χ3v) is 14.7. The van der Waals surface area contributed by atoms with E-state index in [9.17, 15) is 38.4 Å². The number of nitrogens with two attached hydrogens (primary N) is 6. The van der Waals surface area contributed by atoms with Crippen LogP contribution in [0, 0.1) is 0 Å². The number of Topliss-reactive ketones (excluding diaryl/α,β-unsaturated/α-hetero) is 4. The van der Waals surface area contributed by atoms with Gasteiger partial charge >= 0.3 is 0 Å². The zero-order valence-electron chi connectivity index (χ0n) is 47.2. The van der Waals surface area contributed by atoms with Crippen molar-refractivity contribution in [3.8, 4) is 17.2 Å². The number of carbonyl (C=O) groups excluding carboxylic acids is 8. The van der Waals surface area contributed by atoms with E-state index in [4.69, 9.17) is 48.6 Å². The molecule has 21 heteroatoms. The molecule has 0 unspecified atom stereocenters. The predicted octanol–water partition coefficient (Wildman–Crippen LogP) is 4.22. The third kappa shape index (κ3) is 20.8. The maximum Gasteiger partial charge on any atom is 0.255 e. The summed E-state index contributed by atoms with van der Waals surface area (Å²) in [6.45, 7) is 1.63. The number of thioether (sulfide) groups is 1. The number of ether oxygens (including phenoxy) is 3. The van der Waals surface area contributed by atoms with Crippen molar-refractivity contribution < 1.29 is 52.6 Å². The molecular weight excluding hydrogens is 1050 g/mol. The third-order valence-electron chi connectivity index (χ3n) is 13.9. The summed E-state index contributed by atoms with van der Waals surface area (Å²) in [5.74, 6) is -3.00. The Hall–Kier alpha value is -7.01. The molecule has 4 aromatic carbocycles. The number of primary amides is 1. The molecule has 0 radical (unpaired) electrons. The van der Waals surface area contributed by atoms with Crippen molar-refractivity contribution in [3.05, 3.63) is 117 Å². The average molecular weight is 1140 g/mol. The molecular formula is C60H83N9O11S. The Labute approximate surface area is 479 Å². The van der Waals surface area contributed by atoms with Gasteiger partial charge in [-0.1, -0.05) is 30.7 Å². The molecule has 4 amide bonds. The van der Waals surface area contributed by atoms with E-state index in [-0.39, 0.29) is 95.6 Å². The maximum atomic E-state index is 14.3. The van der Waals surface area contributed by atoms with Crippen molar-refractivity contribution in [2.75, 3.05) is 53.8 Å². The van der Waals surface area contributed by atoms with E-state index in [1.165, 1.54) is 51.3 Å². The Morgan fingerprint density at radius 2 is 0.741 bits per heavy atom. The molecule has 4 aromatic rings. The van der Waals surface area contributed by atoms with Crippen molar-refractivity contribution in [1.29, 1.82) is 0 Å². The highest BCUT2D eigenvalue weighted by Crippen LogP contribution is 2.27. The topological polar surface area (TPSA) is 356 Å². The number of amides is 4. The van der Waals surface area contributed by atoms with Gasteiger partial charge in [-0.05, 0) is 174 Å². The van der Waals surface area contributed by atoms with E-state index >= 15 is 0 Å². The second-order valence-electron chi connectivity index (χ2n) is 19.9. The van der Waals surface area contributed by atoms with Crippen LogP contribution in [0.5, 0.6) is 17.2 Å². The number of nitrogens with one attached hydrogen (secondary N) is 3. The summed E-state index contributed by atoms with van der Waals surface area (Å²) in [6, 6.07) is 15.8. The number of hydrogen-bond acceptors (Lipinski definition) is 17. The van der Waals surface area contributed by atoms with Crippen molar-refractivity contribution in [1.82, 2.24) is 16.0 Å². The fraction of sp³-hybridized carbons (Fsp3) is 0.467. The Bertz CT molecular complexity index is 2790. The highest BCUT2D eigenvalue weighted by atomic mass is 32.2. The maximum absolute atomic E-state index is 14.3. The van der Waals surface area contributed by atoms with Gasteiger partial charge in [0.2, 0.25) is 0 Å². The van der Waals surface area contributed by atoms with Crippen LogP contribution in [0.25, 0.3) is 0 Å². The van der Waals surface area contributed by atoms with Crippen LogP contribution in [0.4, 0.5) is 0 Å².